The third-order valence-electron chi connectivity index (χ3n) is 3.71. The first-order chi connectivity index (χ1) is 12.4. The Morgan fingerprint density at radius 2 is 1.96 bits per heavy atom. The van der Waals surface area contributed by atoms with Gasteiger partial charge >= 0.3 is 6.03 Å². The number of hydrogen-bond donors (Lipinski definition) is 4. The Morgan fingerprint density at radius 1 is 1.23 bits per heavy atom. The van der Waals surface area contributed by atoms with E-state index in [2.05, 4.69) is 21.3 Å². The van der Waals surface area contributed by atoms with E-state index >= 15 is 0 Å². The van der Waals surface area contributed by atoms with Gasteiger partial charge in [-0.1, -0.05) is 0 Å². The lowest BCUT2D eigenvalue weighted by Crippen LogP contribution is -2.44. The lowest BCUT2D eigenvalue weighted by atomic mass is 10.2. The van der Waals surface area contributed by atoms with Crippen LogP contribution in [-0.2, 0) is 9.59 Å². The van der Waals surface area contributed by atoms with E-state index in [-0.39, 0.29) is 18.6 Å². The number of carbonyl (C=O) groups excluding carboxylic acids is 3. The molecule has 0 heterocycles. The number of rotatable bonds is 8. The van der Waals surface area contributed by atoms with E-state index in [1.54, 1.807) is 25.1 Å². The van der Waals surface area contributed by atoms with Crippen molar-refractivity contribution < 1.29 is 23.9 Å². The summed E-state index contributed by atoms with van der Waals surface area (Å²) in [6.45, 7) is 1.50. The van der Waals surface area contributed by atoms with Gasteiger partial charge in [0.05, 0.1) is 7.11 Å². The van der Waals surface area contributed by atoms with Crippen LogP contribution in [0.25, 0.3) is 0 Å². The normalized spacial score (nSPS) is 14.0. The van der Waals surface area contributed by atoms with Crippen LogP contribution in [0.1, 0.15) is 19.8 Å². The number of amides is 4. The van der Waals surface area contributed by atoms with Crippen LogP contribution in [0.4, 0.5) is 10.5 Å². The van der Waals surface area contributed by atoms with Gasteiger partial charge in [-0.3, -0.25) is 14.9 Å². The van der Waals surface area contributed by atoms with Crippen LogP contribution in [0.5, 0.6) is 11.5 Å². The second-order valence-corrected chi connectivity index (χ2v) is 5.93. The SMILES string of the molecule is CNC(=O)NC(=O)C(C)Nc1ccc(OC)c(OCC(=O)NC2CC2)c1. The maximum absolute atomic E-state index is 11.9. The smallest absolute Gasteiger partial charge is 0.321 e. The van der Waals surface area contributed by atoms with Crippen molar-refractivity contribution in [1.29, 1.82) is 0 Å². The Kier molecular flexibility index (Phi) is 6.65. The Morgan fingerprint density at radius 3 is 2.58 bits per heavy atom. The molecule has 142 valence electrons. The average molecular weight is 364 g/mol. The Balaban J connectivity index is 1.96. The molecule has 4 N–H and O–H groups in total. The number of methoxy groups -OCH3 is 1. The van der Waals surface area contributed by atoms with Gasteiger partial charge < -0.3 is 25.4 Å². The predicted octanol–water partition coefficient (Wildman–Crippen LogP) is 0.609. The summed E-state index contributed by atoms with van der Waals surface area (Å²) in [6.07, 6.45) is 2.01. The van der Waals surface area contributed by atoms with Gasteiger partial charge in [-0.25, -0.2) is 4.79 Å². The van der Waals surface area contributed by atoms with Crippen LogP contribution in [0.2, 0.25) is 0 Å². The topological polar surface area (TPSA) is 118 Å². The Labute approximate surface area is 151 Å². The van der Waals surface area contributed by atoms with Crippen LogP contribution in [-0.4, -0.2) is 50.7 Å². The maximum atomic E-state index is 11.9. The van der Waals surface area contributed by atoms with Crippen molar-refractivity contribution in [1.82, 2.24) is 16.0 Å². The van der Waals surface area contributed by atoms with E-state index in [1.807, 2.05) is 0 Å². The standard InChI is InChI=1S/C17H24N4O5/c1-10(16(23)21-17(24)18-2)19-12-6-7-13(25-3)14(8-12)26-9-15(22)20-11-4-5-11/h6-8,10-11,19H,4-5,9H2,1-3H3,(H,20,22)(H2,18,21,23,24). The van der Waals surface area contributed by atoms with Gasteiger partial charge in [-0.05, 0) is 31.9 Å². The Bertz CT molecular complexity index is 675. The van der Waals surface area contributed by atoms with Gasteiger partial charge in [0.2, 0.25) is 5.91 Å². The fraction of sp³-hybridized carbons (Fsp3) is 0.471. The highest BCUT2D eigenvalue weighted by molar-refractivity contribution is 5.97. The molecule has 1 aromatic rings. The minimum absolute atomic E-state index is 0.122. The molecular weight excluding hydrogens is 340 g/mol. The van der Waals surface area contributed by atoms with Crippen LogP contribution in [0.15, 0.2) is 18.2 Å². The second-order valence-electron chi connectivity index (χ2n) is 5.93. The zero-order valence-corrected chi connectivity index (χ0v) is 15.0. The van der Waals surface area contributed by atoms with Crippen LogP contribution in [0.3, 0.4) is 0 Å². The maximum Gasteiger partial charge on any atom is 0.321 e. The van der Waals surface area contributed by atoms with Crippen LogP contribution in [0, 0.1) is 0 Å². The first kappa shape index (κ1) is 19.4. The molecular formula is C17H24N4O5. The monoisotopic (exact) mass is 364 g/mol. The number of imide groups is 1. The highest BCUT2D eigenvalue weighted by Gasteiger charge is 2.23. The number of urea groups is 1. The van der Waals surface area contributed by atoms with Gasteiger partial charge in [-0.2, -0.15) is 0 Å². The number of anilines is 1. The average Bonchev–Trinajstić information content (AvgIpc) is 3.43. The fourth-order valence-electron chi connectivity index (χ4n) is 2.12. The van der Waals surface area contributed by atoms with Crippen molar-refractivity contribution in [3.8, 4) is 11.5 Å². The molecule has 0 spiro atoms. The fourth-order valence-corrected chi connectivity index (χ4v) is 2.12. The van der Waals surface area contributed by atoms with Gasteiger partial charge in [0, 0.05) is 24.8 Å². The lowest BCUT2D eigenvalue weighted by Gasteiger charge is -2.17. The van der Waals surface area contributed by atoms with E-state index < -0.39 is 18.0 Å². The first-order valence-corrected chi connectivity index (χ1v) is 8.32. The third kappa shape index (κ3) is 5.83. The molecule has 1 unspecified atom stereocenters. The number of nitrogens with one attached hydrogen (secondary N) is 4. The first-order valence-electron chi connectivity index (χ1n) is 8.32. The predicted molar refractivity (Wildman–Crippen MR) is 95.3 cm³/mol. The van der Waals surface area contributed by atoms with Gasteiger partial charge in [-0.15, -0.1) is 0 Å². The molecule has 9 nitrogen and oxygen atoms in total. The molecule has 0 aliphatic heterocycles. The summed E-state index contributed by atoms with van der Waals surface area (Å²) in [5, 5.41) is 10.3. The summed E-state index contributed by atoms with van der Waals surface area (Å²) < 4.78 is 10.8. The van der Waals surface area contributed by atoms with E-state index in [0.717, 1.165) is 12.8 Å². The quantitative estimate of drug-likeness (QED) is 0.537. The molecule has 0 aromatic heterocycles. The molecule has 1 atom stereocenters. The number of hydrogen-bond acceptors (Lipinski definition) is 6. The summed E-state index contributed by atoms with van der Waals surface area (Å²) in [6, 6.07) is 4.03. The van der Waals surface area contributed by atoms with E-state index in [1.165, 1.54) is 14.2 Å². The highest BCUT2D eigenvalue weighted by atomic mass is 16.5. The third-order valence-corrected chi connectivity index (χ3v) is 3.71. The number of carbonyl (C=O) groups is 3. The molecule has 2 rings (SSSR count). The summed E-state index contributed by atoms with van der Waals surface area (Å²) >= 11 is 0. The highest BCUT2D eigenvalue weighted by Crippen LogP contribution is 2.30. The molecule has 1 aliphatic rings. The Hall–Kier alpha value is -2.97. The van der Waals surface area contributed by atoms with Crippen molar-refractivity contribution in [2.45, 2.75) is 31.8 Å². The molecule has 4 amide bonds. The van der Waals surface area contributed by atoms with Gasteiger partial charge in [0.1, 0.15) is 6.04 Å². The van der Waals surface area contributed by atoms with Gasteiger partial charge in [0.25, 0.3) is 5.91 Å². The number of benzene rings is 1. The molecule has 1 aromatic carbocycles. The zero-order chi connectivity index (χ0) is 19.1. The molecule has 0 radical (unpaired) electrons. The van der Waals surface area contributed by atoms with E-state index in [0.29, 0.717) is 17.2 Å². The summed E-state index contributed by atoms with van der Waals surface area (Å²) in [5.74, 6) is 0.178. The van der Waals surface area contributed by atoms with Crippen molar-refractivity contribution in [2.75, 3.05) is 26.1 Å². The lowest BCUT2D eigenvalue weighted by molar-refractivity contribution is -0.123. The second kappa shape index (κ2) is 8.93. The molecule has 1 saturated carbocycles. The van der Waals surface area contributed by atoms with Crippen molar-refractivity contribution >= 4 is 23.5 Å². The van der Waals surface area contributed by atoms with Crippen molar-refractivity contribution in [2.24, 2.45) is 0 Å². The molecule has 0 saturated heterocycles. The largest absolute Gasteiger partial charge is 0.493 e. The molecule has 26 heavy (non-hydrogen) atoms. The van der Waals surface area contributed by atoms with Crippen LogP contribution >= 0.6 is 0 Å². The van der Waals surface area contributed by atoms with E-state index in [9.17, 15) is 14.4 Å². The zero-order valence-electron chi connectivity index (χ0n) is 15.0. The molecule has 1 aliphatic carbocycles. The summed E-state index contributed by atoms with van der Waals surface area (Å²) in [7, 11) is 2.92. The molecule has 0 bridgehead atoms. The summed E-state index contributed by atoms with van der Waals surface area (Å²) in [4.78, 5) is 34.9. The van der Waals surface area contributed by atoms with Gasteiger partial charge in [0.15, 0.2) is 18.1 Å². The molecule has 9 heteroatoms. The number of ether oxygens (including phenoxy) is 2. The minimum atomic E-state index is -0.660. The van der Waals surface area contributed by atoms with E-state index in [4.69, 9.17) is 9.47 Å². The minimum Gasteiger partial charge on any atom is -0.493 e. The molecule has 1 fully saturated rings. The summed E-state index contributed by atoms with van der Waals surface area (Å²) in [5.41, 5.74) is 0.586. The van der Waals surface area contributed by atoms with Crippen LogP contribution < -0.4 is 30.7 Å². The van der Waals surface area contributed by atoms with Crippen molar-refractivity contribution in [3.05, 3.63) is 18.2 Å². The van der Waals surface area contributed by atoms with Crippen molar-refractivity contribution in [3.63, 3.8) is 0 Å².